The predicted octanol–water partition coefficient (Wildman–Crippen LogP) is 2.33. The van der Waals surface area contributed by atoms with Crippen LogP contribution in [0.3, 0.4) is 0 Å². The lowest BCUT2D eigenvalue weighted by atomic mass is 10.2. The number of likely N-dealkylation sites (N-methyl/N-ethyl adjacent to an activating group) is 1. The highest BCUT2D eigenvalue weighted by Gasteiger charge is 2.23. The van der Waals surface area contributed by atoms with Crippen LogP contribution >= 0.6 is 0 Å². The van der Waals surface area contributed by atoms with Gasteiger partial charge in [-0.3, -0.25) is 4.79 Å². The van der Waals surface area contributed by atoms with Crippen molar-refractivity contribution in [2.24, 2.45) is 0 Å². The van der Waals surface area contributed by atoms with E-state index >= 15 is 0 Å². The summed E-state index contributed by atoms with van der Waals surface area (Å²) in [6, 6.07) is 10.0. The van der Waals surface area contributed by atoms with Gasteiger partial charge in [0.1, 0.15) is 24.8 Å². The smallest absolute Gasteiger partial charge is 0.321 e. The Morgan fingerprint density at radius 3 is 2.33 bits per heavy atom. The molecule has 0 fully saturated rings. The van der Waals surface area contributed by atoms with Crippen LogP contribution in [0, 0.1) is 11.6 Å². The van der Waals surface area contributed by atoms with Crippen molar-refractivity contribution in [1.82, 2.24) is 4.31 Å². The van der Waals surface area contributed by atoms with Crippen LogP contribution < -0.4 is 0 Å². The maximum Gasteiger partial charge on any atom is 0.321 e. The Balaban J connectivity index is 1.98. The van der Waals surface area contributed by atoms with Gasteiger partial charge in [0.05, 0.1) is 4.90 Å². The molecule has 0 heterocycles. The van der Waals surface area contributed by atoms with Gasteiger partial charge in [-0.2, -0.15) is 4.31 Å². The van der Waals surface area contributed by atoms with Crippen molar-refractivity contribution >= 4 is 16.0 Å². The minimum Gasteiger partial charge on any atom is -0.460 e. The van der Waals surface area contributed by atoms with Crippen molar-refractivity contribution in [3.63, 3.8) is 0 Å². The highest BCUT2D eigenvalue weighted by Crippen LogP contribution is 2.15. The Morgan fingerprint density at radius 1 is 1.08 bits per heavy atom. The molecule has 2 aromatic rings. The second-order valence-corrected chi connectivity index (χ2v) is 7.01. The molecule has 0 aliphatic rings. The van der Waals surface area contributed by atoms with Crippen molar-refractivity contribution in [2.45, 2.75) is 11.5 Å². The van der Waals surface area contributed by atoms with Crippen LogP contribution in [-0.2, 0) is 26.2 Å². The summed E-state index contributed by atoms with van der Waals surface area (Å²) in [5, 5.41) is 0. The molecule has 24 heavy (non-hydrogen) atoms. The summed E-state index contributed by atoms with van der Waals surface area (Å²) in [6.07, 6.45) is 0. The zero-order valence-electron chi connectivity index (χ0n) is 12.8. The lowest BCUT2D eigenvalue weighted by molar-refractivity contribution is -0.145. The molecule has 0 radical (unpaired) electrons. The topological polar surface area (TPSA) is 63.7 Å². The Kier molecular flexibility index (Phi) is 5.63. The predicted molar refractivity (Wildman–Crippen MR) is 82.4 cm³/mol. The molecule has 0 saturated heterocycles. The Labute approximate surface area is 138 Å². The van der Waals surface area contributed by atoms with Gasteiger partial charge >= 0.3 is 5.97 Å². The molecule has 2 aromatic carbocycles. The highest BCUT2D eigenvalue weighted by atomic mass is 32.2. The molecule has 0 unspecified atom stereocenters. The number of sulfonamides is 1. The summed E-state index contributed by atoms with van der Waals surface area (Å²) in [4.78, 5) is 11.6. The maximum atomic E-state index is 13.4. The monoisotopic (exact) mass is 355 g/mol. The Morgan fingerprint density at radius 2 is 1.71 bits per heavy atom. The molecule has 0 bridgehead atoms. The van der Waals surface area contributed by atoms with E-state index < -0.39 is 34.2 Å². The van der Waals surface area contributed by atoms with Crippen molar-refractivity contribution in [3.05, 3.63) is 65.7 Å². The summed E-state index contributed by atoms with van der Waals surface area (Å²) in [5.74, 6) is -1.91. The summed E-state index contributed by atoms with van der Waals surface area (Å²) >= 11 is 0. The molecule has 0 amide bonds. The van der Waals surface area contributed by atoms with E-state index in [0.29, 0.717) is 0 Å². The Bertz CT molecular complexity index is 822. The van der Waals surface area contributed by atoms with Gasteiger partial charge in [0, 0.05) is 12.6 Å². The van der Waals surface area contributed by atoms with Crippen LogP contribution in [0.4, 0.5) is 8.78 Å². The third-order valence-corrected chi connectivity index (χ3v) is 5.04. The van der Waals surface area contributed by atoms with E-state index in [-0.39, 0.29) is 17.1 Å². The van der Waals surface area contributed by atoms with Gasteiger partial charge in [-0.05, 0) is 30.3 Å². The first-order chi connectivity index (χ1) is 11.3. The highest BCUT2D eigenvalue weighted by molar-refractivity contribution is 7.89. The van der Waals surface area contributed by atoms with E-state index in [1.54, 1.807) is 6.07 Å². The van der Waals surface area contributed by atoms with Gasteiger partial charge in [-0.1, -0.05) is 18.2 Å². The number of nitrogens with zero attached hydrogens (tertiary/aromatic N) is 1. The van der Waals surface area contributed by atoms with Crippen LogP contribution in [0.2, 0.25) is 0 Å². The number of benzene rings is 2. The fourth-order valence-corrected chi connectivity index (χ4v) is 2.99. The van der Waals surface area contributed by atoms with Gasteiger partial charge in [-0.25, -0.2) is 17.2 Å². The van der Waals surface area contributed by atoms with Gasteiger partial charge in [-0.15, -0.1) is 0 Å². The SMILES string of the molecule is CN(CC(=O)OCc1ccccc1F)S(=O)(=O)c1ccc(F)cc1. The second kappa shape index (κ2) is 7.50. The molecule has 0 aliphatic carbocycles. The zero-order valence-corrected chi connectivity index (χ0v) is 13.6. The standard InChI is InChI=1S/C16H15F2NO4S/c1-19(24(21,22)14-8-6-13(17)7-9-14)10-16(20)23-11-12-4-2-3-5-15(12)18/h2-9H,10-11H2,1H3. The summed E-state index contributed by atoms with van der Waals surface area (Å²) < 4.78 is 56.4. The first-order valence-corrected chi connectivity index (χ1v) is 8.35. The molecule has 128 valence electrons. The van der Waals surface area contributed by atoms with E-state index in [4.69, 9.17) is 4.74 Å². The van der Waals surface area contributed by atoms with Crippen LogP contribution in [-0.4, -0.2) is 32.3 Å². The molecule has 2 rings (SSSR count). The van der Waals surface area contributed by atoms with Crippen molar-refractivity contribution in [2.75, 3.05) is 13.6 Å². The van der Waals surface area contributed by atoms with E-state index in [1.807, 2.05) is 0 Å². The average molecular weight is 355 g/mol. The third kappa shape index (κ3) is 4.36. The first-order valence-electron chi connectivity index (χ1n) is 6.91. The van der Waals surface area contributed by atoms with Gasteiger partial charge in [0.2, 0.25) is 10.0 Å². The minimum atomic E-state index is -3.95. The fourth-order valence-electron chi connectivity index (χ4n) is 1.87. The molecule has 0 aromatic heterocycles. The maximum absolute atomic E-state index is 13.4. The van der Waals surface area contributed by atoms with Crippen molar-refractivity contribution < 1.29 is 26.7 Å². The molecule has 5 nitrogen and oxygen atoms in total. The molecule has 8 heteroatoms. The normalized spacial score (nSPS) is 11.5. The number of halogens is 2. The van der Waals surface area contributed by atoms with Crippen LogP contribution in [0.25, 0.3) is 0 Å². The summed E-state index contributed by atoms with van der Waals surface area (Å²) in [7, 11) is -2.75. The molecular weight excluding hydrogens is 340 g/mol. The lowest BCUT2D eigenvalue weighted by Gasteiger charge is -2.16. The quantitative estimate of drug-likeness (QED) is 0.746. The zero-order chi connectivity index (χ0) is 17.7. The third-order valence-electron chi connectivity index (χ3n) is 3.22. The first kappa shape index (κ1) is 18.0. The van der Waals surface area contributed by atoms with E-state index in [1.165, 1.54) is 25.2 Å². The number of esters is 1. The number of hydrogen-bond acceptors (Lipinski definition) is 4. The number of ether oxygens (including phenoxy) is 1. The second-order valence-electron chi connectivity index (χ2n) is 4.97. The molecule has 0 aliphatic heterocycles. The lowest BCUT2D eigenvalue weighted by Crippen LogP contribution is -2.33. The van der Waals surface area contributed by atoms with Crippen molar-refractivity contribution in [1.29, 1.82) is 0 Å². The van der Waals surface area contributed by atoms with E-state index in [2.05, 4.69) is 0 Å². The van der Waals surface area contributed by atoms with Crippen LogP contribution in [0.1, 0.15) is 5.56 Å². The molecule has 0 atom stereocenters. The number of carbonyl (C=O) groups excluding carboxylic acids is 1. The van der Waals surface area contributed by atoms with E-state index in [9.17, 15) is 22.0 Å². The number of hydrogen-bond donors (Lipinski definition) is 0. The van der Waals surface area contributed by atoms with E-state index in [0.717, 1.165) is 28.6 Å². The van der Waals surface area contributed by atoms with Crippen LogP contribution in [0.5, 0.6) is 0 Å². The number of rotatable bonds is 6. The van der Waals surface area contributed by atoms with Gasteiger partial charge in [0.25, 0.3) is 0 Å². The van der Waals surface area contributed by atoms with Gasteiger partial charge < -0.3 is 4.74 Å². The molecule has 0 saturated carbocycles. The largest absolute Gasteiger partial charge is 0.460 e. The number of carbonyl (C=O) groups is 1. The Hall–Kier alpha value is -2.32. The van der Waals surface area contributed by atoms with Gasteiger partial charge in [0.15, 0.2) is 0 Å². The molecule has 0 N–H and O–H groups in total. The van der Waals surface area contributed by atoms with Crippen molar-refractivity contribution in [3.8, 4) is 0 Å². The van der Waals surface area contributed by atoms with Crippen LogP contribution in [0.15, 0.2) is 53.4 Å². The average Bonchev–Trinajstić information content (AvgIpc) is 2.54. The summed E-state index contributed by atoms with van der Waals surface area (Å²) in [6.45, 7) is -0.843. The summed E-state index contributed by atoms with van der Waals surface area (Å²) in [5.41, 5.74) is 0.190. The molecular formula is C16H15F2NO4S. The minimum absolute atomic E-state index is 0.145. The molecule has 0 spiro atoms. The fraction of sp³-hybridized carbons (Fsp3) is 0.188.